The minimum atomic E-state index is 0.130. The van der Waals surface area contributed by atoms with Crippen LogP contribution in [0.4, 0.5) is 5.69 Å². The van der Waals surface area contributed by atoms with Crippen molar-refractivity contribution in [1.29, 1.82) is 0 Å². The van der Waals surface area contributed by atoms with Gasteiger partial charge in [-0.15, -0.1) is 0 Å². The predicted octanol–water partition coefficient (Wildman–Crippen LogP) is 1.67. The monoisotopic (exact) mass is 165 g/mol. The first-order valence-electron chi connectivity index (χ1n) is 4.12. The van der Waals surface area contributed by atoms with Crippen LogP contribution in [-0.2, 0) is 0 Å². The number of aliphatic hydroxyl groups is 1. The molecule has 0 heterocycles. The van der Waals surface area contributed by atoms with Crippen molar-refractivity contribution in [1.82, 2.24) is 0 Å². The summed E-state index contributed by atoms with van der Waals surface area (Å²) in [6.07, 6.45) is 0. The summed E-state index contributed by atoms with van der Waals surface area (Å²) in [6, 6.07) is 5.88. The molecule has 0 saturated heterocycles. The van der Waals surface area contributed by atoms with E-state index in [-0.39, 0.29) is 12.5 Å². The average molecular weight is 165 g/mol. The molecule has 0 aliphatic heterocycles. The van der Waals surface area contributed by atoms with Crippen molar-refractivity contribution in [3.8, 4) is 0 Å². The summed E-state index contributed by atoms with van der Waals surface area (Å²) in [5, 5.41) is 8.95. The summed E-state index contributed by atoms with van der Waals surface area (Å²) in [7, 11) is 0. The van der Waals surface area contributed by atoms with Gasteiger partial charge >= 0.3 is 0 Å². The van der Waals surface area contributed by atoms with Gasteiger partial charge in [-0.3, -0.25) is 0 Å². The Morgan fingerprint density at radius 2 is 2.17 bits per heavy atom. The SMILES string of the molecule is Cc1ccc(N)c(C(C)CO)c1. The van der Waals surface area contributed by atoms with Crippen molar-refractivity contribution in [2.24, 2.45) is 0 Å². The fraction of sp³-hybridized carbons (Fsp3) is 0.400. The Hall–Kier alpha value is -1.02. The van der Waals surface area contributed by atoms with Crippen LogP contribution in [0.25, 0.3) is 0 Å². The first-order valence-corrected chi connectivity index (χ1v) is 4.12. The van der Waals surface area contributed by atoms with Gasteiger partial charge in [-0.25, -0.2) is 0 Å². The molecule has 1 atom stereocenters. The van der Waals surface area contributed by atoms with Crippen LogP contribution >= 0.6 is 0 Å². The summed E-state index contributed by atoms with van der Waals surface area (Å²) in [5.41, 5.74) is 8.74. The standard InChI is InChI=1S/C10H15NO/c1-7-3-4-10(11)9(5-7)8(2)6-12/h3-5,8,12H,6,11H2,1-2H3. The van der Waals surface area contributed by atoms with Gasteiger partial charge in [0.15, 0.2) is 0 Å². The highest BCUT2D eigenvalue weighted by Crippen LogP contribution is 2.22. The van der Waals surface area contributed by atoms with Crippen LogP contribution in [0.1, 0.15) is 24.0 Å². The Balaban J connectivity index is 3.04. The lowest BCUT2D eigenvalue weighted by molar-refractivity contribution is 0.273. The highest BCUT2D eigenvalue weighted by atomic mass is 16.3. The van der Waals surface area contributed by atoms with E-state index in [9.17, 15) is 0 Å². The first kappa shape index (κ1) is 9.07. The number of rotatable bonds is 2. The lowest BCUT2D eigenvalue weighted by Crippen LogP contribution is -2.03. The van der Waals surface area contributed by atoms with Crippen LogP contribution in [0.3, 0.4) is 0 Å². The van der Waals surface area contributed by atoms with E-state index in [2.05, 4.69) is 0 Å². The Labute approximate surface area is 73.0 Å². The van der Waals surface area contributed by atoms with Crippen LogP contribution in [-0.4, -0.2) is 11.7 Å². The molecule has 0 bridgehead atoms. The first-order chi connectivity index (χ1) is 5.65. The minimum absolute atomic E-state index is 0.130. The molecule has 12 heavy (non-hydrogen) atoms. The van der Waals surface area contributed by atoms with Gasteiger partial charge in [0.2, 0.25) is 0 Å². The zero-order valence-electron chi connectivity index (χ0n) is 7.54. The van der Waals surface area contributed by atoms with Crippen LogP contribution in [0.15, 0.2) is 18.2 Å². The van der Waals surface area contributed by atoms with Crippen molar-refractivity contribution in [2.75, 3.05) is 12.3 Å². The maximum atomic E-state index is 8.95. The zero-order valence-corrected chi connectivity index (χ0v) is 7.54. The van der Waals surface area contributed by atoms with Gasteiger partial charge in [0.05, 0.1) is 0 Å². The van der Waals surface area contributed by atoms with Gasteiger partial charge in [-0.05, 0) is 18.6 Å². The quantitative estimate of drug-likeness (QED) is 0.655. The number of nitrogen functional groups attached to an aromatic ring is 1. The molecule has 0 amide bonds. The van der Waals surface area contributed by atoms with E-state index >= 15 is 0 Å². The molecule has 0 spiro atoms. The Morgan fingerprint density at radius 3 is 2.75 bits per heavy atom. The van der Waals surface area contributed by atoms with E-state index in [0.717, 1.165) is 11.3 Å². The van der Waals surface area contributed by atoms with E-state index in [1.807, 2.05) is 32.0 Å². The molecule has 1 aromatic rings. The number of anilines is 1. The molecule has 0 fully saturated rings. The van der Waals surface area contributed by atoms with Crippen molar-refractivity contribution in [3.63, 3.8) is 0 Å². The lowest BCUT2D eigenvalue weighted by atomic mass is 9.98. The minimum Gasteiger partial charge on any atom is -0.398 e. The van der Waals surface area contributed by atoms with Crippen molar-refractivity contribution >= 4 is 5.69 Å². The van der Waals surface area contributed by atoms with Gasteiger partial charge in [-0.2, -0.15) is 0 Å². The highest BCUT2D eigenvalue weighted by Gasteiger charge is 2.07. The summed E-state index contributed by atoms with van der Waals surface area (Å²) in [4.78, 5) is 0. The van der Waals surface area contributed by atoms with Gasteiger partial charge in [-0.1, -0.05) is 24.6 Å². The largest absolute Gasteiger partial charge is 0.398 e. The second kappa shape index (κ2) is 3.59. The van der Waals surface area contributed by atoms with E-state index < -0.39 is 0 Å². The molecule has 0 saturated carbocycles. The number of benzene rings is 1. The maximum absolute atomic E-state index is 8.95. The van der Waals surface area contributed by atoms with E-state index in [4.69, 9.17) is 10.8 Å². The number of hydrogen-bond donors (Lipinski definition) is 2. The maximum Gasteiger partial charge on any atom is 0.0497 e. The number of nitrogens with two attached hydrogens (primary N) is 1. The third-order valence-electron chi connectivity index (χ3n) is 2.05. The predicted molar refractivity (Wildman–Crippen MR) is 51.1 cm³/mol. The molecule has 1 rings (SSSR count). The Kier molecular flexibility index (Phi) is 2.71. The zero-order chi connectivity index (χ0) is 9.14. The molecule has 1 unspecified atom stereocenters. The van der Waals surface area contributed by atoms with E-state index in [1.54, 1.807) is 0 Å². The van der Waals surface area contributed by atoms with E-state index in [1.165, 1.54) is 5.56 Å². The molecule has 0 aromatic heterocycles. The molecule has 3 N–H and O–H groups in total. The van der Waals surface area contributed by atoms with Crippen LogP contribution in [0.5, 0.6) is 0 Å². The molecular weight excluding hydrogens is 150 g/mol. The number of aryl methyl sites for hydroxylation is 1. The molecule has 66 valence electrons. The molecule has 2 nitrogen and oxygen atoms in total. The Bertz CT molecular complexity index is 271. The van der Waals surface area contributed by atoms with Crippen molar-refractivity contribution in [2.45, 2.75) is 19.8 Å². The fourth-order valence-corrected chi connectivity index (χ4v) is 1.22. The summed E-state index contributed by atoms with van der Waals surface area (Å²) < 4.78 is 0. The summed E-state index contributed by atoms with van der Waals surface area (Å²) in [5.74, 6) is 0.130. The molecule has 0 aliphatic carbocycles. The third-order valence-corrected chi connectivity index (χ3v) is 2.05. The Morgan fingerprint density at radius 1 is 1.50 bits per heavy atom. The molecular formula is C10H15NO. The third kappa shape index (κ3) is 1.77. The van der Waals surface area contributed by atoms with Gasteiger partial charge in [0.25, 0.3) is 0 Å². The van der Waals surface area contributed by atoms with Gasteiger partial charge in [0, 0.05) is 18.2 Å². The lowest BCUT2D eigenvalue weighted by Gasteiger charge is -2.11. The fourth-order valence-electron chi connectivity index (χ4n) is 1.22. The average Bonchev–Trinajstić information content (AvgIpc) is 2.08. The second-order valence-corrected chi connectivity index (χ2v) is 3.22. The van der Waals surface area contributed by atoms with Crippen LogP contribution in [0.2, 0.25) is 0 Å². The van der Waals surface area contributed by atoms with Crippen molar-refractivity contribution < 1.29 is 5.11 Å². The number of aliphatic hydroxyl groups excluding tert-OH is 1. The van der Waals surface area contributed by atoms with Gasteiger partial charge in [0.1, 0.15) is 0 Å². The molecule has 1 aromatic carbocycles. The molecule has 0 aliphatic rings. The number of hydrogen-bond acceptors (Lipinski definition) is 2. The van der Waals surface area contributed by atoms with E-state index in [0.29, 0.717) is 0 Å². The molecule has 2 heteroatoms. The highest BCUT2D eigenvalue weighted by molar-refractivity contribution is 5.50. The smallest absolute Gasteiger partial charge is 0.0497 e. The molecule has 0 radical (unpaired) electrons. The van der Waals surface area contributed by atoms with Gasteiger partial charge < -0.3 is 10.8 Å². The topological polar surface area (TPSA) is 46.2 Å². The summed E-state index contributed by atoms with van der Waals surface area (Å²) >= 11 is 0. The van der Waals surface area contributed by atoms with Crippen LogP contribution in [0, 0.1) is 6.92 Å². The van der Waals surface area contributed by atoms with Crippen LogP contribution < -0.4 is 5.73 Å². The summed E-state index contributed by atoms with van der Waals surface area (Å²) in [6.45, 7) is 4.13. The normalized spacial score (nSPS) is 12.9. The van der Waals surface area contributed by atoms with Crippen molar-refractivity contribution in [3.05, 3.63) is 29.3 Å². The second-order valence-electron chi connectivity index (χ2n) is 3.22.